The summed E-state index contributed by atoms with van der Waals surface area (Å²) in [5.74, 6) is -0.225. The van der Waals surface area contributed by atoms with Crippen molar-refractivity contribution in [2.45, 2.75) is 19.9 Å². The predicted octanol–water partition coefficient (Wildman–Crippen LogP) is 4.31. The molecule has 0 fully saturated rings. The standard InChI is InChI=1S/C13H13BrFNS/c1-7-3-8(2)12(10(15)4-7)13(16)9-5-11(14)17-6-9/h3-6,13H,16H2,1-2H3. The number of hydrogen-bond donors (Lipinski definition) is 1. The van der Waals surface area contributed by atoms with E-state index in [1.54, 1.807) is 11.3 Å². The Morgan fingerprint density at radius 1 is 1.29 bits per heavy atom. The molecule has 0 bridgehead atoms. The van der Waals surface area contributed by atoms with Crippen LogP contribution in [0.15, 0.2) is 27.4 Å². The van der Waals surface area contributed by atoms with Crippen LogP contribution in [0.4, 0.5) is 4.39 Å². The molecule has 0 aliphatic carbocycles. The quantitative estimate of drug-likeness (QED) is 0.878. The zero-order valence-electron chi connectivity index (χ0n) is 9.63. The third-order valence-corrected chi connectivity index (χ3v) is 4.26. The number of rotatable bonds is 2. The molecule has 1 unspecified atom stereocenters. The summed E-state index contributed by atoms with van der Waals surface area (Å²) in [7, 11) is 0. The summed E-state index contributed by atoms with van der Waals surface area (Å²) in [6.45, 7) is 3.78. The van der Waals surface area contributed by atoms with E-state index < -0.39 is 6.04 Å². The average molecular weight is 314 g/mol. The minimum absolute atomic E-state index is 0.225. The molecule has 0 spiro atoms. The molecule has 0 aliphatic rings. The van der Waals surface area contributed by atoms with Gasteiger partial charge in [-0.3, -0.25) is 0 Å². The summed E-state index contributed by atoms with van der Waals surface area (Å²) in [5.41, 5.74) is 9.47. The molecule has 0 saturated carbocycles. The van der Waals surface area contributed by atoms with E-state index in [1.165, 1.54) is 6.07 Å². The first-order valence-corrected chi connectivity index (χ1v) is 6.92. The van der Waals surface area contributed by atoms with Crippen LogP contribution in [-0.2, 0) is 0 Å². The summed E-state index contributed by atoms with van der Waals surface area (Å²) in [5, 5.41) is 1.95. The van der Waals surface area contributed by atoms with E-state index in [0.29, 0.717) is 5.56 Å². The van der Waals surface area contributed by atoms with Crippen molar-refractivity contribution in [2.75, 3.05) is 0 Å². The number of aryl methyl sites for hydroxylation is 2. The molecule has 90 valence electrons. The second kappa shape index (κ2) is 4.88. The van der Waals surface area contributed by atoms with Crippen molar-refractivity contribution >= 4 is 27.3 Å². The lowest BCUT2D eigenvalue weighted by atomic mass is 9.95. The van der Waals surface area contributed by atoms with Crippen LogP contribution in [0.1, 0.15) is 28.3 Å². The summed E-state index contributed by atoms with van der Waals surface area (Å²) in [6, 6.07) is 5.02. The zero-order chi connectivity index (χ0) is 12.6. The van der Waals surface area contributed by atoms with Gasteiger partial charge in [-0.2, -0.15) is 0 Å². The topological polar surface area (TPSA) is 26.0 Å². The fourth-order valence-electron chi connectivity index (χ4n) is 1.97. The summed E-state index contributed by atoms with van der Waals surface area (Å²) >= 11 is 4.95. The number of halogens is 2. The molecule has 0 saturated heterocycles. The Labute approximate surface area is 113 Å². The molecule has 1 aromatic heterocycles. The Morgan fingerprint density at radius 2 is 2.00 bits per heavy atom. The van der Waals surface area contributed by atoms with E-state index in [1.807, 2.05) is 31.4 Å². The lowest BCUT2D eigenvalue weighted by Gasteiger charge is -2.15. The molecule has 2 aromatic rings. The van der Waals surface area contributed by atoms with Gasteiger partial charge in [0, 0.05) is 5.56 Å². The number of nitrogens with two attached hydrogens (primary N) is 1. The van der Waals surface area contributed by atoms with Crippen LogP contribution in [0.5, 0.6) is 0 Å². The fraction of sp³-hybridized carbons (Fsp3) is 0.231. The molecule has 1 nitrogen and oxygen atoms in total. The monoisotopic (exact) mass is 313 g/mol. The normalized spacial score (nSPS) is 12.8. The average Bonchev–Trinajstić information content (AvgIpc) is 2.63. The molecular formula is C13H13BrFNS. The maximum atomic E-state index is 14.0. The minimum atomic E-state index is -0.404. The molecule has 2 N–H and O–H groups in total. The molecular weight excluding hydrogens is 301 g/mol. The van der Waals surface area contributed by atoms with Gasteiger partial charge < -0.3 is 5.73 Å². The Morgan fingerprint density at radius 3 is 2.53 bits per heavy atom. The highest BCUT2D eigenvalue weighted by Gasteiger charge is 2.17. The van der Waals surface area contributed by atoms with Crippen LogP contribution in [-0.4, -0.2) is 0 Å². The predicted molar refractivity (Wildman–Crippen MR) is 73.9 cm³/mol. The summed E-state index contributed by atoms with van der Waals surface area (Å²) in [4.78, 5) is 0. The Kier molecular flexibility index (Phi) is 3.66. The minimum Gasteiger partial charge on any atom is -0.320 e. The second-order valence-electron chi connectivity index (χ2n) is 4.14. The van der Waals surface area contributed by atoms with E-state index in [2.05, 4.69) is 15.9 Å². The highest BCUT2D eigenvalue weighted by atomic mass is 79.9. The highest BCUT2D eigenvalue weighted by molar-refractivity contribution is 9.11. The van der Waals surface area contributed by atoms with Crippen molar-refractivity contribution in [2.24, 2.45) is 5.73 Å². The van der Waals surface area contributed by atoms with Gasteiger partial charge >= 0.3 is 0 Å². The van der Waals surface area contributed by atoms with Crippen LogP contribution >= 0.6 is 27.3 Å². The molecule has 0 amide bonds. The Balaban J connectivity index is 2.47. The van der Waals surface area contributed by atoms with Gasteiger partial charge in [0.15, 0.2) is 0 Å². The van der Waals surface area contributed by atoms with E-state index in [9.17, 15) is 4.39 Å². The SMILES string of the molecule is Cc1cc(C)c(C(N)c2csc(Br)c2)c(F)c1. The van der Waals surface area contributed by atoms with Gasteiger partial charge in [0.1, 0.15) is 5.82 Å². The molecule has 2 rings (SSSR count). The van der Waals surface area contributed by atoms with Crippen molar-refractivity contribution < 1.29 is 4.39 Å². The maximum absolute atomic E-state index is 14.0. The molecule has 0 aliphatic heterocycles. The molecule has 4 heteroatoms. The molecule has 1 atom stereocenters. The van der Waals surface area contributed by atoms with Crippen molar-refractivity contribution in [1.29, 1.82) is 0 Å². The highest BCUT2D eigenvalue weighted by Crippen LogP contribution is 2.31. The van der Waals surface area contributed by atoms with Crippen molar-refractivity contribution in [3.05, 3.63) is 55.4 Å². The van der Waals surface area contributed by atoms with E-state index >= 15 is 0 Å². The van der Waals surface area contributed by atoms with Crippen LogP contribution in [0.3, 0.4) is 0 Å². The van der Waals surface area contributed by atoms with E-state index in [4.69, 9.17) is 5.73 Å². The lowest BCUT2D eigenvalue weighted by molar-refractivity contribution is 0.596. The maximum Gasteiger partial charge on any atom is 0.128 e. The van der Waals surface area contributed by atoms with Crippen molar-refractivity contribution in [1.82, 2.24) is 0 Å². The van der Waals surface area contributed by atoms with Crippen molar-refractivity contribution in [3.63, 3.8) is 0 Å². The third kappa shape index (κ3) is 2.59. The first kappa shape index (κ1) is 12.7. The Hall–Kier alpha value is -0.710. The zero-order valence-corrected chi connectivity index (χ0v) is 12.0. The number of hydrogen-bond acceptors (Lipinski definition) is 2. The van der Waals surface area contributed by atoms with Gasteiger partial charge in [-0.05, 0) is 64.0 Å². The third-order valence-electron chi connectivity index (χ3n) is 2.74. The first-order valence-electron chi connectivity index (χ1n) is 5.25. The van der Waals surface area contributed by atoms with Gasteiger partial charge in [0.2, 0.25) is 0 Å². The van der Waals surface area contributed by atoms with Gasteiger partial charge in [0.25, 0.3) is 0 Å². The lowest BCUT2D eigenvalue weighted by Crippen LogP contribution is -2.14. The molecule has 0 radical (unpaired) electrons. The van der Waals surface area contributed by atoms with Crippen molar-refractivity contribution in [3.8, 4) is 0 Å². The van der Waals surface area contributed by atoms with Gasteiger partial charge in [0.05, 0.1) is 9.83 Å². The number of benzene rings is 1. The van der Waals surface area contributed by atoms with E-state index in [-0.39, 0.29) is 5.82 Å². The van der Waals surface area contributed by atoms with Gasteiger partial charge in [-0.15, -0.1) is 11.3 Å². The first-order chi connectivity index (χ1) is 7.99. The molecule has 1 heterocycles. The van der Waals surface area contributed by atoms with Crippen LogP contribution < -0.4 is 5.73 Å². The van der Waals surface area contributed by atoms with Gasteiger partial charge in [-0.25, -0.2) is 4.39 Å². The van der Waals surface area contributed by atoms with Crippen LogP contribution in [0.2, 0.25) is 0 Å². The van der Waals surface area contributed by atoms with Crippen LogP contribution in [0, 0.1) is 19.7 Å². The summed E-state index contributed by atoms with van der Waals surface area (Å²) in [6.07, 6.45) is 0. The fourth-order valence-corrected chi connectivity index (χ4v) is 3.19. The largest absolute Gasteiger partial charge is 0.320 e. The van der Waals surface area contributed by atoms with Crippen LogP contribution in [0.25, 0.3) is 0 Å². The molecule has 17 heavy (non-hydrogen) atoms. The van der Waals surface area contributed by atoms with Gasteiger partial charge in [-0.1, -0.05) is 6.07 Å². The Bertz CT molecular complexity index is 527. The second-order valence-corrected chi connectivity index (χ2v) is 6.43. The smallest absolute Gasteiger partial charge is 0.128 e. The molecule has 1 aromatic carbocycles. The number of thiophene rings is 1. The van der Waals surface area contributed by atoms with E-state index in [0.717, 1.165) is 20.5 Å². The summed E-state index contributed by atoms with van der Waals surface area (Å²) < 4.78 is 15.0.